The van der Waals surface area contributed by atoms with E-state index in [0.29, 0.717) is 23.9 Å². The zero-order chi connectivity index (χ0) is 17.1. The fourth-order valence-corrected chi connectivity index (χ4v) is 3.10. The molecule has 1 aromatic carbocycles. The molecule has 0 aliphatic carbocycles. The van der Waals surface area contributed by atoms with E-state index < -0.39 is 0 Å². The van der Waals surface area contributed by atoms with Gasteiger partial charge >= 0.3 is 0 Å². The minimum absolute atomic E-state index is 0.136. The highest BCUT2D eigenvalue weighted by Crippen LogP contribution is 2.31. The second-order valence-electron chi connectivity index (χ2n) is 5.61. The van der Waals surface area contributed by atoms with Crippen molar-refractivity contribution in [2.24, 2.45) is 0 Å². The Kier molecular flexibility index (Phi) is 5.10. The van der Waals surface area contributed by atoms with Crippen molar-refractivity contribution in [2.45, 2.75) is 19.9 Å². The molecule has 0 spiro atoms. The predicted octanol–water partition coefficient (Wildman–Crippen LogP) is 2.62. The Morgan fingerprint density at radius 3 is 2.71 bits per heavy atom. The van der Waals surface area contributed by atoms with E-state index in [0.717, 1.165) is 37.1 Å². The number of rotatable bonds is 5. The van der Waals surface area contributed by atoms with Crippen LogP contribution in [0.2, 0.25) is 0 Å². The number of hydrogen-bond donors (Lipinski definition) is 0. The van der Waals surface area contributed by atoms with Gasteiger partial charge in [-0.15, -0.1) is 0 Å². The summed E-state index contributed by atoms with van der Waals surface area (Å²) in [5, 5.41) is 15.2. The van der Waals surface area contributed by atoms with Crippen molar-refractivity contribution in [3.8, 4) is 0 Å². The van der Waals surface area contributed by atoms with Gasteiger partial charge in [-0.05, 0) is 12.1 Å². The van der Waals surface area contributed by atoms with Gasteiger partial charge in [-0.2, -0.15) is 4.98 Å². The number of nitro benzene ring substituents is 1. The SMILES string of the molecule is CCc1nc(CN2CCN(c3cc(Br)ccc3[N+](=O)[O-])CC2)no1. The summed E-state index contributed by atoms with van der Waals surface area (Å²) in [4.78, 5) is 19.5. The number of nitro groups is 1. The van der Waals surface area contributed by atoms with Crippen molar-refractivity contribution >= 4 is 27.3 Å². The molecule has 1 aliphatic rings. The average Bonchev–Trinajstić information content (AvgIpc) is 3.03. The van der Waals surface area contributed by atoms with Gasteiger partial charge in [-0.3, -0.25) is 15.0 Å². The van der Waals surface area contributed by atoms with Gasteiger partial charge in [0.1, 0.15) is 5.69 Å². The number of piperazine rings is 1. The number of hydrogen-bond acceptors (Lipinski definition) is 7. The molecule has 128 valence electrons. The zero-order valence-electron chi connectivity index (χ0n) is 13.3. The van der Waals surface area contributed by atoms with E-state index in [9.17, 15) is 10.1 Å². The van der Waals surface area contributed by atoms with Crippen LogP contribution >= 0.6 is 15.9 Å². The van der Waals surface area contributed by atoms with Crippen LogP contribution in [0.5, 0.6) is 0 Å². The Labute approximate surface area is 147 Å². The molecule has 0 saturated carbocycles. The minimum Gasteiger partial charge on any atom is -0.363 e. The van der Waals surface area contributed by atoms with Crippen LogP contribution in [0.4, 0.5) is 11.4 Å². The van der Waals surface area contributed by atoms with Gasteiger partial charge in [0, 0.05) is 43.1 Å². The number of aromatic nitrogens is 2. The first-order chi connectivity index (χ1) is 11.6. The van der Waals surface area contributed by atoms with E-state index in [1.54, 1.807) is 12.1 Å². The highest BCUT2D eigenvalue weighted by molar-refractivity contribution is 9.10. The normalized spacial score (nSPS) is 15.7. The lowest BCUT2D eigenvalue weighted by molar-refractivity contribution is -0.384. The highest BCUT2D eigenvalue weighted by atomic mass is 79.9. The van der Waals surface area contributed by atoms with Gasteiger partial charge in [0.05, 0.1) is 11.5 Å². The molecular formula is C15H18BrN5O3. The van der Waals surface area contributed by atoms with Crippen LogP contribution in [0, 0.1) is 10.1 Å². The second-order valence-corrected chi connectivity index (χ2v) is 6.53. The lowest BCUT2D eigenvalue weighted by Crippen LogP contribution is -2.46. The van der Waals surface area contributed by atoms with Crippen LogP contribution in [0.1, 0.15) is 18.6 Å². The lowest BCUT2D eigenvalue weighted by Gasteiger charge is -2.35. The van der Waals surface area contributed by atoms with E-state index >= 15 is 0 Å². The molecule has 1 saturated heterocycles. The molecule has 2 heterocycles. The zero-order valence-corrected chi connectivity index (χ0v) is 14.9. The van der Waals surface area contributed by atoms with E-state index in [1.807, 2.05) is 11.8 Å². The summed E-state index contributed by atoms with van der Waals surface area (Å²) >= 11 is 3.39. The second kappa shape index (κ2) is 7.27. The van der Waals surface area contributed by atoms with Crippen LogP contribution < -0.4 is 4.90 Å². The van der Waals surface area contributed by atoms with Crippen molar-refractivity contribution in [1.82, 2.24) is 15.0 Å². The van der Waals surface area contributed by atoms with Crippen molar-refractivity contribution in [3.63, 3.8) is 0 Å². The Morgan fingerprint density at radius 2 is 2.08 bits per heavy atom. The highest BCUT2D eigenvalue weighted by Gasteiger charge is 2.24. The molecule has 0 amide bonds. The van der Waals surface area contributed by atoms with Crippen LogP contribution in [-0.4, -0.2) is 46.1 Å². The summed E-state index contributed by atoms with van der Waals surface area (Å²) in [5.74, 6) is 1.34. The number of halogens is 1. The van der Waals surface area contributed by atoms with Gasteiger partial charge in [-0.1, -0.05) is 28.0 Å². The Morgan fingerprint density at radius 1 is 1.33 bits per heavy atom. The van der Waals surface area contributed by atoms with Crippen LogP contribution in [-0.2, 0) is 13.0 Å². The maximum absolute atomic E-state index is 11.2. The molecule has 0 N–H and O–H groups in total. The summed E-state index contributed by atoms with van der Waals surface area (Å²) in [6.45, 7) is 5.63. The fourth-order valence-electron chi connectivity index (χ4n) is 2.75. The molecule has 3 rings (SSSR count). The molecule has 2 aromatic rings. The number of nitrogens with zero attached hydrogens (tertiary/aromatic N) is 5. The number of anilines is 1. The third-order valence-corrected chi connectivity index (χ3v) is 4.52. The lowest BCUT2D eigenvalue weighted by atomic mass is 10.2. The minimum atomic E-state index is -0.334. The topological polar surface area (TPSA) is 88.5 Å². The first kappa shape index (κ1) is 16.8. The molecule has 0 unspecified atom stereocenters. The average molecular weight is 396 g/mol. The van der Waals surface area contributed by atoms with Crippen molar-refractivity contribution in [1.29, 1.82) is 0 Å². The summed E-state index contributed by atoms with van der Waals surface area (Å²) in [6, 6.07) is 5.04. The third-order valence-electron chi connectivity index (χ3n) is 4.02. The first-order valence-corrected chi connectivity index (χ1v) is 8.59. The summed E-state index contributed by atoms with van der Waals surface area (Å²) in [7, 11) is 0. The van der Waals surface area contributed by atoms with E-state index in [4.69, 9.17) is 4.52 Å². The molecule has 9 heteroatoms. The van der Waals surface area contributed by atoms with Crippen LogP contribution in [0.25, 0.3) is 0 Å². The Hall–Kier alpha value is -2.00. The van der Waals surface area contributed by atoms with Gasteiger partial charge in [0.2, 0.25) is 5.89 Å². The van der Waals surface area contributed by atoms with Gasteiger partial charge in [-0.25, -0.2) is 0 Å². The fraction of sp³-hybridized carbons (Fsp3) is 0.467. The van der Waals surface area contributed by atoms with Crippen LogP contribution in [0.3, 0.4) is 0 Å². The van der Waals surface area contributed by atoms with Crippen molar-refractivity contribution in [3.05, 3.63) is 44.5 Å². The predicted molar refractivity (Wildman–Crippen MR) is 92.0 cm³/mol. The summed E-state index contributed by atoms with van der Waals surface area (Å²) < 4.78 is 5.96. The summed E-state index contributed by atoms with van der Waals surface area (Å²) in [6.07, 6.45) is 0.729. The van der Waals surface area contributed by atoms with Gasteiger partial charge in [0.15, 0.2) is 5.82 Å². The van der Waals surface area contributed by atoms with Gasteiger partial charge < -0.3 is 9.42 Å². The molecule has 1 aliphatic heterocycles. The van der Waals surface area contributed by atoms with E-state index in [-0.39, 0.29) is 10.6 Å². The quantitative estimate of drug-likeness (QED) is 0.567. The monoisotopic (exact) mass is 395 g/mol. The number of benzene rings is 1. The first-order valence-electron chi connectivity index (χ1n) is 7.79. The largest absolute Gasteiger partial charge is 0.363 e. The van der Waals surface area contributed by atoms with Gasteiger partial charge in [0.25, 0.3) is 5.69 Å². The molecule has 8 nitrogen and oxygen atoms in total. The molecule has 0 atom stereocenters. The molecule has 1 aromatic heterocycles. The van der Waals surface area contributed by atoms with E-state index in [1.165, 1.54) is 6.07 Å². The number of aryl methyl sites for hydroxylation is 1. The molecule has 0 radical (unpaired) electrons. The molecule has 24 heavy (non-hydrogen) atoms. The maximum Gasteiger partial charge on any atom is 0.292 e. The third kappa shape index (κ3) is 3.73. The van der Waals surface area contributed by atoms with Crippen molar-refractivity contribution < 1.29 is 9.45 Å². The smallest absolute Gasteiger partial charge is 0.292 e. The summed E-state index contributed by atoms with van der Waals surface area (Å²) in [5.41, 5.74) is 0.791. The van der Waals surface area contributed by atoms with E-state index in [2.05, 4.69) is 31.0 Å². The molecule has 1 fully saturated rings. The Balaban J connectivity index is 1.65. The van der Waals surface area contributed by atoms with Crippen LogP contribution in [0.15, 0.2) is 27.2 Å². The molecular weight excluding hydrogens is 378 g/mol. The standard InChI is InChI=1S/C15H18BrN5O3/c1-2-15-17-14(18-24-15)10-19-5-7-20(8-6-19)13-9-11(16)3-4-12(13)21(22)23/h3-4,9H,2,5-8,10H2,1H3. The maximum atomic E-state index is 11.2. The van der Waals surface area contributed by atoms with Crippen molar-refractivity contribution in [2.75, 3.05) is 31.1 Å². The Bertz CT molecular complexity index is 728. The molecule has 0 bridgehead atoms.